The van der Waals surface area contributed by atoms with E-state index in [0.717, 1.165) is 11.1 Å². The Bertz CT molecular complexity index is 387. The topological polar surface area (TPSA) is 78.3 Å². The second kappa shape index (κ2) is 4.27. The van der Waals surface area contributed by atoms with Gasteiger partial charge in [-0.25, -0.2) is 0 Å². The van der Waals surface area contributed by atoms with Crippen LogP contribution >= 0.6 is 0 Å². The summed E-state index contributed by atoms with van der Waals surface area (Å²) in [5.74, 6) is -0.990. The van der Waals surface area contributed by atoms with E-state index in [2.05, 4.69) is 0 Å². The van der Waals surface area contributed by atoms with E-state index in [0.29, 0.717) is 0 Å². The number of ether oxygens (including phenoxy) is 1. The summed E-state index contributed by atoms with van der Waals surface area (Å²) in [6, 6.07) is 0. The van der Waals surface area contributed by atoms with Crippen LogP contribution in [0.2, 0.25) is 0 Å². The van der Waals surface area contributed by atoms with Crippen LogP contribution in [0.3, 0.4) is 0 Å². The van der Waals surface area contributed by atoms with Gasteiger partial charge in [-0.05, 0) is 40.7 Å². The third-order valence-electron chi connectivity index (χ3n) is 2.82. The van der Waals surface area contributed by atoms with Crippen LogP contribution in [0.25, 0.3) is 0 Å². The van der Waals surface area contributed by atoms with Gasteiger partial charge in [0.05, 0.1) is 0 Å². The molecule has 0 amide bonds. The van der Waals surface area contributed by atoms with Crippen molar-refractivity contribution in [3.8, 4) is 0 Å². The van der Waals surface area contributed by atoms with Gasteiger partial charge in [-0.3, -0.25) is 4.79 Å². The highest BCUT2D eigenvalue weighted by atomic mass is 16.6. The van der Waals surface area contributed by atoms with Gasteiger partial charge in [0, 0.05) is 0 Å². The highest BCUT2D eigenvalue weighted by Crippen LogP contribution is 2.30. The standard InChI is InChI=1S/C13H22N2O2/c1-8-6-7-13(14,15)10(9(8)2)11(16)17-12(3,4)5/h6-7,10H,14-15H2,1-5H3. The lowest BCUT2D eigenvalue weighted by Crippen LogP contribution is -2.58. The molecule has 4 N–H and O–H groups in total. The SMILES string of the molecule is CC1=C(C)C(C(=O)OC(C)(C)C)C(N)(N)C=C1. The smallest absolute Gasteiger partial charge is 0.317 e. The van der Waals surface area contributed by atoms with Gasteiger partial charge < -0.3 is 16.2 Å². The molecule has 0 radical (unpaired) electrons. The monoisotopic (exact) mass is 238 g/mol. The molecule has 0 saturated heterocycles. The molecule has 1 aliphatic rings. The van der Waals surface area contributed by atoms with Crippen molar-refractivity contribution < 1.29 is 9.53 Å². The number of carbonyl (C=O) groups excluding carboxylic acids is 1. The maximum Gasteiger partial charge on any atom is 0.317 e. The Morgan fingerprint density at radius 2 is 1.88 bits per heavy atom. The average Bonchev–Trinajstić information content (AvgIpc) is 2.08. The summed E-state index contributed by atoms with van der Waals surface area (Å²) in [6.07, 6.45) is 3.50. The van der Waals surface area contributed by atoms with E-state index in [1.54, 1.807) is 6.08 Å². The molecule has 4 nitrogen and oxygen atoms in total. The van der Waals surface area contributed by atoms with Crippen molar-refractivity contribution in [1.82, 2.24) is 0 Å². The molecular formula is C13H22N2O2. The van der Waals surface area contributed by atoms with E-state index >= 15 is 0 Å². The lowest BCUT2D eigenvalue weighted by molar-refractivity contribution is -0.160. The third kappa shape index (κ3) is 3.17. The van der Waals surface area contributed by atoms with Crippen LogP contribution in [0.4, 0.5) is 0 Å². The first-order valence-electron chi connectivity index (χ1n) is 5.72. The highest BCUT2D eigenvalue weighted by Gasteiger charge is 2.40. The summed E-state index contributed by atoms with van der Waals surface area (Å²) in [6.45, 7) is 9.26. The largest absolute Gasteiger partial charge is 0.459 e. The minimum Gasteiger partial charge on any atom is -0.459 e. The first kappa shape index (κ1) is 13.9. The van der Waals surface area contributed by atoms with Crippen LogP contribution in [0.15, 0.2) is 23.3 Å². The molecule has 0 bridgehead atoms. The molecule has 1 aliphatic carbocycles. The lowest BCUT2D eigenvalue weighted by atomic mass is 9.81. The second-order valence-electron chi connectivity index (χ2n) is 5.67. The number of esters is 1. The first-order chi connectivity index (χ1) is 7.54. The van der Waals surface area contributed by atoms with E-state index in [-0.39, 0.29) is 5.97 Å². The minimum absolute atomic E-state index is 0.372. The zero-order chi connectivity index (χ0) is 13.4. The predicted molar refractivity (Wildman–Crippen MR) is 68.0 cm³/mol. The molecule has 0 fully saturated rings. The van der Waals surface area contributed by atoms with Crippen LogP contribution in [0.5, 0.6) is 0 Å². The molecule has 0 aromatic heterocycles. The van der Waals surface area contributed by atoms with Gasteiger partial charge in [0.25, 0.3) is 0 Å². The van der Waals surface area contributed by atoms with Gasteiger partial charge >= 0.3 is 5.97 Å². The van der Waals surface area contributed by atoms with Gasteiger partial charge in [-0.1, -0.05) is 17.2 Å². The summed E-state index contributed by atoms with van der Waals surface area (Å²) < 4.78 is 5.36. The molecule has 96 valence electrons. The van der Waals surface area contributed by atoms with Crippen molar-refractivity contribution in [2.45, 2.75) is 45.9 Å². The van der Waals surface area contributed by atoms with Crippen molar-refractivity contribution in [2.24, 2.45) is 17.4 Å². The quantitative estimate of drug-likeness (QED) is 0.535. The van der Waals surface area contributed by atoms with Gasteiger partial charge in [0.1, 0.15) is 17.2 Å². The normalized spacial score (nSPS) is 23.8. The summed E-state index contributed by atoms with van der Waals surface area (Å²) >= 11 is 0. The number of carbonyl (C=O) groups is 1. The Labute approximate surface area is 103 Å². The Hall–Kier alpha value is -1.13. The first-order valence-corrected chi connectivity index (χ1v) is 5.72. The van der Waals surface area contributed by atoms with Crippen LogP contribution in [0, 0.1) is 5.92 Å². The van der Waals surface area contributed by atoms with Crippen molar-refractivity contribution >= 4 is 5.97 Å². The minimum atomic E-state index is -1.17. The Morgan fingerprint density at radius 1 is 1.35 bits per heavy atom. The molecule has 0 saturated carbocycles. The Kier molecular flexibility index (Phi) is 3.50. The summed E-state index contributed by atoms with van der Waals surface area (Å²) in [5, 5.41) is 0. The van der Waals surface area contributed by atoms with Crippen molar-refractivity contribution in [2.75, 3.05) is 0 Å². The van der Waals surface area contributed by atoms with Crippen LogP contribution in [0.1, 0.15) is 34.6 Å². The molecule has 4 heteroatoms. The fourth-order valence-electron chi connectivity index (χ4n) is 1.84. The Morgan fingerprint density at radius 3 is 2.35 bits per heavy atom. The zero-order valence-electron chi connectivity index (χ0n) is 11.2. The Balaban J connectivity index is 3.03. The van der Waals surface area contributed by atoms with Crippen LogP contribution in [-0.2, 0) is 9.53 Å². The number of hydrogen-bond acceptors (Lipinski definition) is 4. The molecule has 0 heterocycles. The summed E-state index contributed by atoms with van der Waals surface area (Å²) in [7, 11) is 0. The second-order valence-corrected chi connectivity index (χ2v) is 5.67. The van der Waals surface area contributed by atoms with Crippen LogP contribution in [-0.4, -0.2) is 17.2 Å². The van der Waals surface area contributed by atoms with Crippen molar-refractivity contribution in [1.29, 1.82) is 0 Å². The van der Waals surface area contributed by atoms with E-state index < -0.39 is 17.2 Å². The zero-order valence-corrected chi connectivity index (χ0v) is 11.2. The maximum atomic E-state index is 12.1. The summed E-state index contributed by atoms with van der Waals surface area (Å²) in [4.78, 5) is 12.1. The van der Waals surface area contributed by atoms with E-state index in [4.69, 9.17) is 16.2 Å². The molecular weight excluding hydrogens is 216 g/mol. The van der Waals surface area contributed by atoms with E-state index in [1.807, 2.05) is 40.7 Å². The molecule has 1 unspecified atom stereocenters. The molecule has 1 atom stereocenters. The predicted octanol–water partition coefficient (Wildman–Crippen LogP) is 1.46. The fourth-order valence-corrected chi connectivity index (χ4v) is 1.84. The number of allylic oxidation sites excluding steroid dienone is 2. The molecule has 0 aromatic carbocycles. The number of nitrogens with two attached hydrogens (primary N) is 2. The van der Waals surface area contributed by atoms with Gasteiger partial charge in [0.15, 0.2) is 0 Å². The molecule has 0 aromatic rings. The van der Waals surface area contributed by atoms with Crippen LogP contribution < -0.4 is 11.5 Å². The van der Waals surface area contributed by atoms with Gasteiger partial charge in [-0.15, -0.1) is 0 Å². The highest BCUT2D eigenvalue weighted by molar-refractivity contribution is 5.79. The number of rotatable bonds is 1. The van der Waals surface area contributed by atoms with Gasteiger partial charge in [0.2, 0.25) is 0 Å². The summed E-state index contributed by atoms with van der Waals surface area (Å²) in [5.41, 5.74) is 12.1. The molecule has 1 rings (SSSR count). The maximum absolute atomic E-state index is 12.1. The fraction of sp³-hybridized carbons (Fsp3) is 0.615. The average molecular weight is 238 g/mol. The molecule has 0 aliphatic heterocycles. The van der Waals surface area contributed by atoms with E-state index in [9.17, 15) is 4.79 Å². The van der Waals surface area contributed by atoms with Crippen molar-refractivity contribution in [3.05, 3.63) is 23.3 Å². The molecule has 17 heavy (non-hydrogen) atoms. The van der Waals surface area contributed by atoms with E-state index in [1.165, 1.54) is 0 Å². The van der Waals surface area contributed by atoms with Crippen molar-refractivity contribution in [3.63, 3.8) is 0 Å². The lowest BCUT2D eigenvalue weighted by Gasteiger charge is -2.35. The molecule has 0 spiro atoms. The third-order valence-corrected chi connectivity index (χ3v) is 2.82. The number of hydrogen-bond donors (Lipinski definition) is 2. The van der Waals surface area contributed by atoms with Gasteiger partial charge in [-0.2, -0.15) is 0 Å².